The maximum atomic E-state index is 12.6. The monoisotopic (exact) mass is 568 g/mol. The summed E-state index contributed by atoms with van der Waals surface area (Å²) in [5.41, 5.74) is 0.399. The zero-order valence-electron chi connectivity index (χ0n) is 23.3. The fourth-order valence-electron chi connectivity index (χ4n) is 4.65. The van der Waals surface area contributed by atoms with E-state index in [1.54, 1.807) is 37.3 Å². The third kappa shape index (κ3) is 8.21. The lowest BCUT2D eigenvalue weighted by atomic mass is 9.98. The molecule has 0 unspecified atom stereocenters. The van der Waals surface area contributed by atoms with Gasteiger partial charge in [-0.1, -0.05) is 18.2 Å². The predicted octanol–water partition coefficient (Wildman–Crippen LogP) is 1.54. The first kappa shape index (κ1) is 31.4. The normalized spacial score (nSPS) is 32.0. The second kappa shape index (κ2) is 14.5. The lowest BCUT2D eigenvalue weighted by Gasteiger charge is -2.44. The summed E-state index contributed by atoms with van der Waals surface area (Å²) in [6.45, 7) is 5.06. The molecule has 3 rings (SSSR count). The van der Waals surface area contributed by atoms with E-state index in [0.29, 0.717) is 5.56 Å². The largest absolute Gasteiger partial charge is 0.456 e. The number of hydrogen-bond donors (Lipinski definition) is 0. The molecule has 0 saturated carbocycles. The number of rotatable bonds is 10. The molecule has 13 nitrogen and oxygen atoms in total. The van der Waals surface area contributed by atoms with Crippen molar-refractivity contribution < 1.29 is 61.8 Å². The van der Waals surface area contributed by atoms with Gasteiger partial charge in [-0.25, -0.2) is 4.79 Å². The van der Waals surface area contributed by atoms with E-state index in [9.17, 15) is 19.2 Å². The minimum atomic E-state index is -1.24. The van der Waals surface area contributed by atoms with E-state index in [-0.39, 0.29) is 13.0 Å². The van der Waals surface area contributed by atoms with Crippen LogP contribution in [0.2, 0.25) is 0 Å². The molecule has 40 heavy (non-hydrogen) atoms. The molecule has 2 heterocycles. The van der Waals surface area contributed by atoms with Gasteiger partial charge in [0.25, 0.3) is 0 Å². The Morgan fingerprint density at radius 1 is 0.775 bits per heavy atom. The van der Waals surface area contributed by atoms with E-state index in [1.165, 1.54) is 35.0 Å². The zero-order chi connectivity index (χ0) is 29.4. The van der Waals surface area contributed by atoms with Gasteiger partial charge in [0.1, 0.15) is 12.2 Å². The highest BCUT2D eigenvalue weighted by Gasteiger charge is 2.52. The standard InChI is InChI=1S/C27H36O13/c1-14-22(40-26(31)18-10-8-7-9-11-18)19(32-5)12-21(35-14)34-13-20-23(36-15(2)28)24(37-16(3)29)25(38-17(4)30)27(33-6)39-20/h7-11,14,19-25,27H,12-13H2,1-6H3/t14-,19+,20+,21+,22-,23+,24-,25+,27-/m0/s1. The lowest BCUT2D eigenvalue weighted by molar-refractivity contribution is -0.315. The predicted molar refractivity (Wildman–Crippen MR) is 134 cm³/mol. The highest BCUT2D eigenvalue weighted by Crippen LogP contribution is 2.31. The van der Waals surface area contributed by atoms with Crippen LogP contribution in [0.15, 0.2) is 30.3 Å². The molecular weight excluding hydrogens is 532 g/mol. The number of carbonyl (C=O) groups is 4. The molecule has 1 aromatic carbocycles. The minimum Gasteiger partial charge on any atom is -0.456 e. The van der Waals surface area contributed by atoms with E-state index in [0.717, 1.165) is 0 Å². The van der Waals surface area contributed by atoms with Gasteiger partial charge in [0, 0.05) is 41.4 Å². The first-order valence-corrected chi connectivity index (χ1v) is 12.8. The van der Waals surface area contributed by atoms with Crippen LogP contribution in [0.5, 0.6) is 0 Å². The third-order valence-electron chi connectivity index (χ3n) is 6.35. The highest BCUT2D eigenvalue weighted by molar-refractivity contribution is 5.89. The van der Waals surface area contributed by atoms with Crippen LogP contribution >= 0.6 is 0 Å². The molecular formula is C27H36O13. The number of ether oxygens (including phenoxy) is 9. The second-order valence-electron chi connectivity index (χ2n) is 9.35. The van der Waals surface area contributed by atoms with Crippen molar-refractivity contribution in [2.45, 2.75) is 89.4 Å². The smallest absolute Gasteiger partial charge is 0.338 e. The van der Waals surface area contributed by atoms with Gasteiger partial charge in [0.05, 0.1) is 18.3 Å². The number of hydrogen-bond acceptors (Lipinski definition) is 13. The first-order valence-electron chi connectivity index (χ1n) is 12.8. The molecule has 0 spiro atoms. The Hall–Kier alpha value is -3.10. The summed E-state index contributed by atoms with van der Waals surface area (Å²) in [6.07, 6.45) is -8.26. The van der Waals surface area contributed by atoms with Crippen LogP contribution in [0.1, 0.15) is 44.5 Å². The average molecular weight is 569 g/mol. The van der Waals surface area contributed by atoms with Crippen LogP contribution in [0.3, 0.4) is 0 Å². The number of methoxy groups -OCH3 is 2. The Bertz CT molecular complexity index is 1010. The Labute approximate surface area is 232 Å². The third-order valence-corrected chi connectivity index (χ3v) is 6.35. The molecule has 222 valence electrons. The van der Waals surface area contributed by atoms with Gasteiger partial charge in [0.2, 0.25) is 0 Å². The summed E-state index contributed by atoms with van der Waals surface area (Å²) >= 11 is 0. The molecule has 0 radical (unpaired) electrons. The summed E-state index contributed by atoms with van der Waals surface area (Å²) < 4.78 is 50.6. The van der Waals surface area contributed by atoms with Crippen molar-refractivity contribution in [2.75, 3.05) is 20.8 Å². The van der Waals surface area contributed by atoms with Gasteiger partial charge < -0.3 is 42.6 Å². The van der Waals surface area contributed by atoms with Crippen molar-refractivity contribution in [3.63, 3.8) is 0 Å². The highest BCUT2D eigenvalue weighted by atomic mass is 16.7. The maximum Gasteiger partial charge on any atom is 0.338 e. The van der Waals surface area contributed by atoms with Gasteiger partial charge in [-0.3, -0.25) is 14.4 Å². The first-order chi connectivity index (χ1) is 19.0. The van der Waals surface area contributed by atoms with E-state index in [1.807, 2.05) is 0 Å². The fraction of sp³-hybridized carbons (Fsp3) is 0.630. The van der Waals surface area contributed by atoms with Crippen molar-refractivity contribution >= 4 is 23.9 Å². The molecule has 0 aromatic heterocycles. The second-order valence-corrected chi connectivity index (χ2v) is 9.35. The molecule has 2 saturated heterocycles. The van der Waals surface area contributed by atoms with Crippen LogP contribution in [0, 0.1) is 0 Å². The number of benzene rings is 1. The van der Waals surface area contributed by atoms with Crippen LogP contribution in [0.25, 0.3) is 0 Å². The summed E-state index contributed by atoms with van der Waals surface area (Å²) in [4.78, 5) is 48.2. The molecule has 2 aliphatic heterocycles. The van der Waals surface area contributed by atoms with Gasteiger partial charge in [-0.2, -0.15) is 0 Å². The molecule has 0 N–H and O–H groups in total. The molecule has 0 aliphatic carbocycles. The summed E-state index contributed by atoms with van der Waals surface area (Å²) in [7, 11) is 2.81. The lowest BCUT2D eigenvalue weighted by Crippen LogP contribution is -2.63. The average Bonchev–Trinajstić information content (AvgIpc) is 2.90. The zero-order valence-corrected chi connectivity index (χ0v) is 23.3. The van der Waals surface area contributed by atoms with Crippen LogP contribution in [0.4, 0.5) is 0 Å². The van der Waals surface area contributed by atoms with Gasteiger partial charge in [0.15, 0.2) is 37.0 Å². The Morgan fingerprint density at radius 3 is 1.95 bits per heavy atom. The Morgan fingerprint density at radius 2 is 1.38 bits per heavy atom. The van der Waals surface area contributed by atoms with Gasteiger partial charge >= 0.3 is 23.9 Å². The Kier molecular flexibility index (Phi) is 11.4. The fourth-order valence-corrected chi connectivity index (χ4v) is 4.65. The van der Waals surface area contributed by atoms with E-state index < -0.39 is 79.2 Å². The SMILES string of the molecule is CO[C@H]1O[C@H](CO[C@H]2C[C@@H](OC)[C@@H](OC(=O)c3ccccc3)[C@H](C)O2)[C@@H](OC(C)=O)[C@H](OC(C)=O)[C@H]1OC(C)=O. The van der Waals surface area contributed by atoms with Crippen LogP contribution < -0.4 is 0 Å². The maximum absolute atomic E-state index is 12.6. The summed E-state index contributed by atoms with van der Waals surface area (Å²) in [6, 6.07) is 8.57. The molecule has 0 amide bonds. The van der Waals surface area contributed by atoms with Crippen LogP contribution in [-0.2, 0) is 57.0 Å². The number of esters is 4. The van der Waals surface area contributed by atoms with Crippen molar-refractivity contribution in [2.24, 2.45) is 0 Å². The van der Waals surface area contributed by atoms with E-state index >= 15 is 0 Å². The van der Waals surface area contributed by atoms with Crippen molar-refractivity contribution in [1.29, 1.82) is 0 Å². The molecule has 9 atom stereocenters. The summed E-state index contributed by atoms with van der Waals surface area (Å²) in [5.74, 6) is -2.56. The molecule has 2 aliphatic rings. The molecule has 2 fully saturated rings. The summed E-state index contributed by atoms with van der Waals surface area (Å²) in [5, 5.41) is 0. The minimum absolute atomic E-state index is 0.190. The van der Waals surface area contributed by atoms with Crippen molar-refractivity contribution in [3.8, 4) is 0 Å². The quantitative estimate of drug-likeness (QED) is 0.297. The van der Waals surface area contributed by atoms with Crippen LogP contribution in [-0.4, -0.2) is 100 Å². The van der Waals surface area contributed by atoms with Crippen molar-refractivity contribution in [3.05, 3.63) is 35.9 Å². The Balaban J connectivity index is 1.72. The molecule has 1 aromatic rings. The van der Waals surface area contributed by atoms with Gasteiger partial charge in [-0.05, 0) is 19.1 Å². The topological polar surface area (TPSA) is 151 Å². The van der Waals surface area contributed by atoms with E-state index in [4.69, 9.17) is 42.6 Å². The molecule has 13 heteroatoms. The number of carbonyl (C=O) groups excluding carboxylic acids is 4. The molecule has 0 bridgehead atoms. The van der Waals surface area contributed by atoms with Gasteiger partial charge in [-0.15, -0.1) is 0 Å². The van der Waals surface area contributed by atoms with E-state index in [2.05, 4.69) is 0 Å². The van der Waals surface area contributed by atoms with Crippen molar-refractivity contribution in [1.82, 2.24) is 0 Å².